The van der Waals surface area contributed by atoms with E-state index in [0.29, 0.717) is 5.03 Å². The summed E-state index contributed by atoms with van der Waals surface area (Å²) in [5.41, 5.74) is 0.273. The summed E-state index contributed by atoms with van der Waals surface area (Å²) in [6.45, 7) is 3.10. The van der Waals surface area contributed by atoms with E-state index in [1.165, 1.54) is 13.3 Å². The Balaban J connectivity index is 3.07. The van der Waals surface area contributed by atoms with Crippen LogP contribution >= 0.6 is 11.8 Å². The van der Waals surface area contributed by atoms with Gasteiger partial charge in [0, 0.05) is 6.20 Å². The number of nitrogens with zero attached hydrogens (tertiary/aromatic N) is 1. The van der Waals surface area contributed by atoms with Crippen LogP contribution in [0.5, 0.6) is 0 Å². The van der Waals surface area contributed by atoms with Gasteiger partial charge in [0.15, 0.2) is 0 Å². The second-order valence-electron chi connectivity index (χ2n) is 3.77. The highest BCUT2D eigenvalue weighted by Gasteiger charge is 2.31. The van der Waals surface area contributed by atoms with Crippen molar-refractivity contribution in [3.05, 3.63) is 23.9 Å². The summed E-state index contributed by atoms with van der Waals surface area (Å²) in [4.78, 5) is 26.5. The molecule has 92 valence electrons. The lowest BCUT2D eigenvalue weighted by Crippen LogP contribution is -2.27. The summed E-state index contributed by atoms with van der Waals surface area (Å²) in [6.07, 6.45) is 1.51. The molecule has 0 aromatic carbocycles. The number of aliphatic carboxylic acids is 1. The Hall–Kier alpha value is -1.56. The van der Waals surface area contributed by atoms with Gasteiger partial charge in [-0.15, -0.1) is 0 Å². The molecule has 0 amide bonds. The van der Waals surface area contributed by atoms with Crippen LogP contribution in [-0.2, 0) is 9.53 Å². The highest BCUT2D eigenvalue weighted by Crippen LogP contribution is 2.33. The molecule has 0 unspecified atom stereocenters. The third kappa shape index (κ3) is 3.20. The van der Waals surface area contributed by atoms with Gasteiger partial charge in [-0.3, -0.25) is 4.79 Å². The summed E-state index contributed by atoms with van der Waals surface area (Å²) < 4.78 is 3.55. The molecule has 0 spiro atoms. The molecule has 5 nitrogen and oxygen atoms in total. The van der Waals surface area contributed by atoms with E-state index in [1.807, 2.05) is 0 Å². The first-order chi connectivity index (χ1) is 7.88. The van der Waals surface area contributed by atoms with Crippen LogP contribution in [0.1, 0.15) is 24.2 Å². The molecule has 0 bridgehead atoms. The minimum absolute atomic E-state index is 0.273. The van der Waals surface area contributed by atoms with Gasteiger partial charge in [-0.05, 0) is 26.0 Å². The molecular weight excluding hydrogens is 242 g/mol. The van der Waals surface area contributed by atoms with Gasteiger partial charge in [0.2, 0.25) is 0 Å². The summed E-state index contributed by atoms with van der Waals surface area (Å²) in [7, 11) is 1.27. The molecule has 0 saturated heterocycles. The smallest absolute Gasteiger partial charge is 0.340 e. The lowest BCUT2D eigenvalue weighted by molar-refractivity contribution is -0.138. The highest BCUT2D eigenvalue weighted by molar-refractivity contribution is 8.01. The summed E-state index contributed by atoms with van der Waals surface area (Å²) >= 11 is 1.01. The Kier molecular flexibility index (Phi) is 4.11. The molecule has 6 heteroatoms. The van der Waals surface area contributed by atoms with Crippen LogP contribution < -0.4 is 0 Å². The maximum atomic E-state index is 11.5. The lowest BCUT2D eigenvalue weighted by Gasteiger charge is -2.18. The largest absolute Gasteiger partial charge is 0.480 e. The number of pyridine rings is 1. The zero-order valence-corrected chi connectivity index (χ0v) is 10.6. The fraction of sp³-hybridized carbons (Fsp3) is 0.364. The molecule has 0 aliphatic carbocycles. The minimum Gasteiger partial charge on any atom is -0.480 e. The van der Waals surface area contributed by atoms with Crippen molar-refractivity contribution in [3.63, 3.8) is 0 Å². The maximum Gasteiger partial charge on any atom is 0.340 e. The van der Waals surface area contributed by atoms with Gasteiger partial charge in [-0.2, -0.15) is 0 Å². The Morgan fingerprint density at radius 2 is 2.12 bits per heavy atom. The molecule has 1 heterocycles. The normalized spacial score (nSPS) is 11.0. The van der Waals surface area contributed by atoms with Crippen molar-refractivity contribution in [3.8, 4) is 0 Å². The first-order valence-electron chi connectivity index (χ1n) is 4.84. The van der Waals surface area contributed by atoms with Gasteiger partial charge in [-0.1, -0.05) is 11.8 Å². The third-order valence-corrected chi connectivity index (χ3v) is 3.25. The highest BCUT2D eigenvalue weighted by atomic mass is 32.2. The molecule has 0 atom stereocenters. The van der Waals surface area contributed by atoms with E-state index in [0.717, 1.165) is 11.8 Å². The van der Waals surface area contributed by atoms with Crippen molar-refractivity contribution in [2.75, 3.05) is 7.11 Å². The van der Waals surface area contributed by atoms with Gasteiger partial charge in [-0.25, -0.2) is 9.78 Å². The topological polar surface area (TPSA) is 76.5 Å². The number of rotatable bonds is 4. The van der Waals surface area contributed by atoms with Gasteiger partial charge >= 0.3 is 11.9 Å². The fourth-order valence-electron chi connectivity index (χ4n) is 1.02. The zero-order valence-electron chi connectivity index (χ0n) is 9.76. The van der Waals surface area contributed by atoms with E-state index in [9.17, 15) is 9.59 Å². The summed E-state index contributed by atoms with van der Waals surface area (Å²) in [6, 6.07) is 3.16. The molecule has 0 radical (unpaired) electrons. The van der Waals surface area contributed by atoms with Crippen LogP contribution in [0.15, 0.2) is 23.4 Å². The molecule has 0 fully saturated rings. The van der Waals surface area contributed by atoms with Crippen LogP contribution in [0, 0.1) is 0 Å². The van der Waals surface area contributed by atoms with Gasteiger partial charge in [0.25, 0.3) is 0 Å². The number of methoxy groups -OCH3 is 1. The number of ether oxygens (including phenoxy) is 1. The Labute approximate surface area is 103 Å². The standard InChI is InChI=1S/C11H13NO4S/c1-11(2,10(14)15)17-8-7(9(13)16-3)5-4-6-12-8/h4-6H,1-3H3,(H,14,15). The Bertz CT molecular complexity index is 445. The van der Waals surface area contributed by atoms with Crippen LogP contribution in [0.25, 0.3) is 0 Å². The second kappa shape index (κ2) is 5.18. The van der Waals surface area contributed by atoms with E-state index in [1.54, 1.807) is 26.0 Å². The molecule has 1 aromatic rings. The Morgan fingerprint density at radius 1 is 1.47 bits per heavy atom. The molecule has 0 aliphatic heterocycles. The number of thioether (sulfide) groups is 1. The zero-order chi connectivity index (χ0) is 13.1. The average Bonchev–Trinajstić information content (AvgIpc) is 2.28. The third-order valence-electron chi connectivity index (χ3n) is 2.04. The van der Waals surface area contributed by atoms with Crippen molar-refractivity contribution in [2.45, 2.75) is 23.6 Å². The quantitative estimate of drug-likeness (QED) is 0.653. The van der Waals surface area contributed by atoms with Crippen molar-refractivity contribution >= 4 is 23.7 Å². The minimum atomic E-state index is -1.06. The first kappa shape index (κ1) is 13.5. The molecule has 0 saturated carbocycles. The molecule has 0 aliphatic rings. The first-order valence-corrected chi connectivity index (χ1v) is 5.66. The second-order valence-corrected chi connectivity index (χ2v) is 5.38. The SMILES string of the molecule is COC(=O)c1cccnc1SC(C)(C)C(=O)O. The number of hydrogen-bond donors (Lipinski definition) is 1. The van der Waals surface area contributed by atoms with Gasteiger partial charge in [0.1, 0.15) is 9.77 Å². The van der Waals surface area contributed by atoms with E-state index in [4.69, 9.17) is 5.11 Å². The number of esters is 1. The number of carboxylic acids is 1. The number of carboxylic acid groups (broad SMARTS) is 1. The number of aromatic nitrogens is 1. The molecular formula is C11H13NO4S. The lowest BCUT2D eigenvalue weighted by atomic mass is 10.2. The van der Waals surface area contributed by atoms with Crippen molar-refractivity contribution < 1.29 is 19.4 Å². The fourth-order valence-corrected chi connectivity index (χ4v) is 1.97. The summed E-state index contributed by atoms with van der Waals surface area (Å²) in [5, 5.41) is 9.38. The van der Waals surface area contributed by atoms with Crippen molar-refractivity contribution in [2.24, 2.45) is 0 Å². The van der Waals surface area contributed by atoms with Crippen LogP contribution in [0.2, 0.25) is 0 Å². The molecule has 1 rings (SSSR count). The maximum absolute atomic E-state index is 11.5. The number of carbonyl (C=O) groups excluding carboxylic acids is 1. The molecule has 17 heavy (non-hydrogen) atoms. The van der Waals surface area contributed by atoms with Crippen LogP contribution in [0.3, 0.4) is 0 Å². The van der Waals surface area contributed by atoms with Gasteiger partial charge < -0.3 is 9.84 Å². The monoisotopic (exact) mass is 255 g/mol. The molecule has 1 aromatic heterocycles. The van der Waals surface area contributed by atoms with Crippen molar-refractivity contribution in [1.82, 2.24) is 4.98 Å². The van der Waals surface area contributed by atoms with E-state index in [2.05, 4.69) is 9.72 Å². The van der Waals surface area contributed by atoms with Gasteiger partial charge in [0.05, 0.1) is 12.7 Å². The van der Waals surface area contributed by atoms with Crippen LogP contribution in [-0.4, -0.2) is 33.9 Å². The number of hydrogen-bond acceptors (Lipinski definition) is 5. The number of carbonyl (C=O) groups is 2. The predicted molar refractivity (Wildman–Crippen MR) is 63.1 cm³/mol. The van der Waals surface area contributed by atoms with Crippen molar-refractivity contribution in [1.29, 1.82) is 0 Å². The predicted octanol–water partition coefficient (Wildman–Crippen LogP) is 1.82. The average molecular weight is 255 g/mol. The van der Waals surface area contributed by atoms with E-state index in [-0.39, 0.29) is 5.56 Å². The van der Waals surface area contributed by atoms with E-state index < -0.39 is 16.7 Å². The molecule has 1 N–H and O–H groups in total. The van der Waals surface area contributed by atoms with Crippen LogP contribution in [0.4, 0.5) is 0 Å². The van der Waals surface area contributed by atoms with E-state index >= 15 is 0 Å². The summed E-state index contributed by atoms with van der Waals surface area (Å²) in [5.74, 6) is -1.49. The Morgan fingerprint density at radius 3 is 2.65 bits per heavy atom.